The molecule has 0 atom stereocenters. The zero-order valence-electron chi connectivity index (χ0n) is 9.83. The fourth-order valence-corrected chi connectivity index (χ4v) is 1.20. The van der Waals surface area contributed by atoms with Crippen LogP contribution in [0, 0.1) is 11.8 Å². The molecule has 17 heavy (non-hydrogen) atoms. The molecule has 0 aromatic heterocycles. The first kappa shape index (κ1) is 12.8. The summed E-state index contributed by atoms with van der Waals surface area (Å²) in [5, 5.41) is 2.56. The highest BCUT2D eigenvalue weighted by atomic mass is 16.1. The number of nitrogen functional groups attached to an aromatic ring is 1. The number of Topliss-reactive ketones (excluding diaryl/α,β-unsaturated/α-hetero) is 1. The van der Waals surface area contributed by atoms with E-state index >= 15 is 0 Å². The van der Waals surface area contributed by atoms with Crippen LogP contribution in [-0.2, 0) is 4.79 Å². The van der Waals surface area contributed by atoms with Crippen molar-refractivity contribution in [2.24, 2.45) is 0 Å². The van der Waals surface area contributed by atoms with Crippen LogP contribution in [0.3, 0.4) is 0 Å². The number of hydrogen-bond donors (Lipinski definition) is 2. The predicted octanol–water partition coefficient (Wildman–Crippen LogP) is 0.959. The molecule has 1 aromatic carbocycles. The van der Waals surface area contributed by atoms with Crippen LogP contribution in [0.5, 0.6) is 0 Å². The molecule has 0 saturated carbocycles. The van der Waals surface area contributed by atoms with Crippen molar-refractivity contribution in [2.45, 2.75) is 13.8 Å². The van der Waals surface area contributed by atoms with E-state index in [9.17, 15) is 9.59 Å². The molecule has 0 saturated heterocycles. The number of amides is 1. The lowest BCUT2D eigenvalue weighted by molar-refractivity contribution is -0.118. The molecular formula is C13H14N2O2. The highest BCUT2D eigenvalue weighted by Crippen LogP contribution is 2.13. The first-order valence-corrected chi connectivity index (χ1v) is 5.14. The number of ketones is 1. The molecule has 0 aliphatic carbocycles. The van der Waals surface area contributed by atoms with Gasteiger partial charge in [0.2, 0.25) is 5.91 Å². The quantitative estimate of drug-likeness (QED) is 0.451. The number of carbonyl (C=O) groups is 2. The summed E-state index contributed by atoms with van der Waals surface area (Å²) in [5.41, 5.74) is 7.44. The van der Waals surface area contributed by atoms with Crippen molar-refractivity contribution < 1.29 is 9.59 Å². The monoisotopic (exact) mass is 230 g/mol. The lowest BCUT2D eigenvalue weighted by atomic mass is 10.1. The van der Waals surface area contributed by atoms with Gasteiger partial charge in [0.15, 0.2) is 5.78 Å². The summed E-state index contributed by atoms with van der Waals surface area (Å²) in [5.74, 6) is 5.45. The summed E-state index contributed by atoms with van der Waals surface area (Å²) in [6.45, 7) is 3.19. The van der Waals surface area contributed by atoms with Gasteiger partial charge in [0, 0.05) is 23.7 Å². The van der Waals surface area contributed by atoms with Crippen LogP contribution in [0.15, 0.2) is 18.2 Å². The van der Waals surface area contributed by atoms with Crippen molar-refractivity contribution in [1.82, 2.24) is 5.32 Å². The Morgan fingerprint density at radius 3 is 2.59 bits per heavy atom. The molecule has 0 heterocycles. The largest absolute Gasteiger partial charge is 0.398 e. The number of carbonyl (C=O) groups excluding carboxylic acids is 2. The second kappa shape index (κ2) is 5.71. The van der Waals surface area contributed by atoms with Crippen molar-refractivity contribution >= 4 is 17.4 Å². The van der Waals surface area contributed by atoms with Gasteiger partial charge in [-0.15, -0.1) is 0 Å². The fourth-order valence-electron chi connectivity index (χ4n) is 1.20. The molecule has 0 unspecified atom stereocenters. The van der Waals surface area contributed by atoms with Crippen LogP contribution in [0.25, 0.3) is 0 Å². The molecule has 4 nitrogen and oxygen atoms in total. The summed E-state index contributed by atoms with van der Waals surface area (Å²) in [6, 6.07) is 4.98. The standard InChI is InChI=1S/C13H14N2O2/c1-9(16)12-6-5-11(13(14)8-12)4-3-7-15-10(2)17/h5-6,8H,7,14H2,1-2H3,(H,15,17). The van der Waals surface area contributed by atoms with E-state index in [2.05, 4.69) is 17.2 Å². The summed E-state index contributed by atoms with van der Waals surface area (Å²) >= 11 is 0. The van der Waals surface area contributed by atoms with Crippen molar-refractivity contribution in [1.29, 1.82) is 0 Å². The maximum absolute atomic E-state index is 11.1. The van der Waals surface area contributed by atoms with Crippen LogP contribution in [0.4, 0.5) is 5.69 Å². The van der Waals surface area contributed by atoms with Gasteiger partial charge < -0.3 is 11.1 Å². The minimum absolute atomic E-state index is 0.0329. The third kappa shape index (κ3) is 3.99. The van der Waals surface area contributed by atoms with Crippen molar-refractivity contribution in [3.63, 3.8) is 0 Å². The molecule has 1 amide bonds. The molecule has 4 heteroatoms. The SMILES string of the molecule is CC(=O)NCC#Cc1ccc(C(C)=O)cc1N. The zero-order valence-corrected chi connectivity index (χ0v) is 9.83. The van der Waals surface area contributed by atoms with Crippen molar-refractivity contribution in [3.05, 3.63) is 29.3 Å². The molecule has 88 valence electrons. The van der Waals surface area contributed by atoms with E-state index in [0.717, 1.165) is 0 Å². The van der Waals surface area contributed by atoms with E-state index in [4.69, 9.17) is 5.73 Å². The Morgan fingerprint density at radius 2 is 2.06 bits per heavy atom. The topological polar surface area (TPSA) is 72.2 Å². The lowest BCUT2D eigenvalue weighted by Crippen LogP contribution is -2.19. The van der Waals surface area contributed by atoms with E-state index in [1.807, 2.05) is 0 Å². The minimum atomic E-state index is -0.126. The van der Waals surface area contributed by atoms with Crippen LogP contribution in [-0.4, -0.2) is 18.2 Å². The van der Waals surface area contributed by atoms with Crippen molar-refractivity contribution in [2.75, 3.05) is 12.3 Å². The second-order valence-electron chi connectivity index (χ2n) is 3.57. The smallest absolute Gasteiger partial charge is 0.217 e. The summed E-state index contributed by atoms with van der Waals surface area (Å²) < 4.78 is 0. The number of hydrogen-bond acceptors (Lipinski definition) is 3. The Hall–Kier alpha value is -2.28. The first-order chi connectivity index (χ1) is 8.00. The Balaban J connectivity index is 2.79. The van der Waals surface area contributed by atoms with Gasteiger partial charge in [0.25, 0.3) is 0 Å². The third-order valence-corrected chi connectivity index (χ3v) is 2.11. The summed E-state index contributed by atoms with van der Waals surface area (Å²) in [6.07, 6.45) is 0. The minimum Gasteiger partial charge on any atom is -0.398 e. The maximum atomic E-state index is 11.1. The zero-order chi connectivity index (χ0) is 12.8. The molecule has 1 aromatic rings. The Kier molecular flexibility index (Phi) is 4.29. The molecular weight excluding hydrogens is 216 g/mol. The van der Waals surface area contributed by atoms with E-state index in [0.29, 0.717) is 16.8 Å². The molecule has 3 N–H and O–H groups in total. The van der Waals surface area contributed by atoms with Gasteiger partial charge in [-0.05, 0) is 19.1 Å². The summed E-state index contributed by atoms with van der Waals surface area (Å²) in [4.78, 5) is 21.7. The normalized spacial score (nSPS) is 9.06. The molecule has 0 spiro atoms. The second-order valence-corrected chi connectivity index (χ2v) is 3.57. The van der Waals surface area contributed by atoms with Crippen LogP contribution in [0.1, 0.15) is 29.8 Å². The Bertz CT molecular complexity index is 510. The number of nitrogens with two attached hydrogens (primary N) is 1. The van der Waals surface area contributed by atoms with E-state index in [1.54, 1.807) is 18.2 Å². The fraction of sp³-hybridized carbons (Fsp3) is 0.231. The predicted molar refractivity (Wildman–Crippen MR) is 66.4 cm³/mol. The Morgan fingerprint density at radius 1 is 1.35 bits per heavy atom. The highest BCUT2D eigenvalue weighted by molar-refractivity contribution is 5.95. The number of anilines is 1. The number of nitrogens with one attached hydrogen (secondary N) is 1. The van der Waals surface area contributed by atoms with Crippen LogP contribution < -0.4 is 11.1 Å². The first-order valence-electron chi connectivity index (χ1n) is 5.14. The van der Waals surface area contributed by atoms with Gasteiger partial charge in [0.05, 0.1) is 6.54 Å². The molecule has 0 aliphatic heterocycles. The number of rotatable bonds is 2. The number of benzene rings is 1. The lowest BCUT2D eigenvalue weighted by Gasteiger charge is -2.00. The van der Waals surface area contributed by atoms with E-state index < -0.39 is 0 Å². The van der Waals surface area contributed by atoms with Crippen molar-refractivity contribution in [3.8, 4) is 11.8 Å². The van der Waals surface area contributed by atoms with Gasteiger partial charge in [-0.2, -0.15) is 0 Å². The molecule has 0 bridgehead atoms. The molecule has 0 aliphatic rings. The Labute approximate surface area is 100 Å². The van der Waals surface area contributed by atoms with E-state index in [1.165, 1.54) is 13.8 Å². The van der Waals surface area contributed by atoms with Crippen LogP contribution >= 0.6 is 0 Å². The average Bonchev–Trinajstić information content (AvgIpc) is 2.25. The van der Waals surface area contributed by atoms with Gasteiger partial charge in [0.1, 0.15) is 0 Å². The molecule has 1 rings (SSSR count). The van der Waals surface area contributed by atoms with E-state index in [-0.39, 0.29) is 18.2 Å². The maximum Gasteiger partial charge on any atom is 0.217 e. The third-order valence-electron chi connectivity index (χ3n) is 2.11. The highest BCUT2D eigenvalue weighted by Gasteiger charge is 2.01. The van der Waals surface area contributed by atoms with Gasteiger partial charge in [-0.1, -0.05) is 17.9 Å². The molecule has 0 fully saturated rings. The van der Waals surface area contributed by atoms with Crippen LogP contribution in [0.2, 0.25) is 0 Å². The average molecular weight is 230 g/mol. The molecule has 0 radical (unpaired) electrons. The summed E-state index contributed by atoms with van der Waals surface area (Å²) in [7, 11) is 0. The van der Waals surface area contributed by atoms with Gasteiger partial charge >= 0.3 is 0 Å². The van der Waals surface area contributed by atoms with Gasteiger partial charge in [-0.3, -0.25) is 9.59 Å². The van der Waals surface area contributed by atoms with Gasteiger partial charge in [-0.25, -0.2) is 0 Å².